The summed E-state index contributed by atoms with van der Waals surface area (Å²) < 4.78 is 5.15. The van der Waals surface area contributed by atoms with Gasteiger partial charge in [-0.3, -0.25) is 0 Å². The largest absolute Gasteiger partial charge is 0.384 e. The molecule has 5 heteroatoms. The Morgan fingerprint density at radius 3 is 2.71 bits per heavy atom. The van der Waals surface area contributed by atoms with Crippen LogP contribution in [0.3, 0.4) is 0 Å². The highest BCUT2D eigenvalue weighted by Crippen LogP contribution is 2.22. The van der Waals surface area contributed by atoms with Crippen molar-refractivity contribution in [2.24, 2.45) is 0 Å². The van der Waals surface area contributed by atoms with E-state index in [1.165, 1.54) is 5.56 Å². The number of nitrogens with one attached hydrogen (secondary N) is 1. The van der Waals surface area contributed by atoms with Crippen LogP contribution in [0.5, 0.6) is 0 Å². The van der Waals surface area contributed by atoms with Crippen molar-refractivity contribution in [3.8, 4) is 0 Å². The lowest BCUT2D eigenvalue weighted by Crippen LogP contribution is -2.06. The molecule has 0 bridgehead atoms. The predicted molar refractivity (Wildman–Crippen MR) is 85.8 cm³/mol. The van der Waals surface area contributed by atoms with E-state index >= 15 is 0 Å². The first kappa shape index (κ1) is 15.3. The molecule has 0 aliphatic carbocycles. The number of hydrogen-bond donors (Lipinski definition) is 2. The van der Waals surface area contributed by atoms with Crippen LogP contribution in [-0.2, 0) is 11.2 Å². The molecule has 0 radical (unpaired) electrons. The maximum absolute atomic E-state index is 5.86. The summed E-state index contributed by atoms with van der Waals surface area (Å²) in [5, 5.41) is 3.33. The zero-order chi connectivity index (χ0) is 15.2. The fourth-order valence-corrected chi connectivity index (χ4v) is 2.02. The van der Waals surface area contributed by atoms with Crippen LogP contribution in [-0.4, -0.2) is 23.7 Å². The van der Waals surface area contributed by atoms with E-state index < -0.39 is 0 Å². The molecule has 21 heavy (non-hydrogen) atoms. The maximum atomic E-state index is 5.86. The van der Waals surface area contributed by atoms with Gasteiger partial charge in [0, 0.05) is 24.8 Å². The first-order chi connectivity index (χ1) is 10.1. The third kappa shape index (κ3) is 4.16. The van der Waals surface area contributed by atoms with Crippen molar-refractivity contribution in [3.05, 3.63) is 41.7 Å². The molecule has 0 aliphatic heterocycles. The van der Waals surface area contributed by atoms with Crippen LogP contribution in [0.15, 0.2) is 30.3 Å². The van der Waals surface area contributed by atoms with Gasteiger partial charge in [-0.05, 0) is 18.1 Å². The van der Waals surface area contributed by atoms with Gasteiger partial charge in [0.25, 0.3) is 0 Å². The number of hydrogen-bond acceptors (Lipinski definition) is 5. The summed E-state index contributed by atoms with van der Waals surface area (Å²) in [7, 11) is 1.70. The summed E-state index contributed by atoms with van der Waals surface area (Å²) in [6, 6.07) is 9.86. The SMILES string of the molecule is COCCc1ccccc1Nc1cc(N)nc(C(C)C)n1. The molecule has 2 rings (SSSR count). The number of nitrogens with zero attached hydrogens (tertiary/aromatic N) is 2. The Bertz CT molecular complexity index is 599. The van der Waals surface area contributed by atoms with E-state index in [1.807, 2.05) is 32.0 Å². The van der Waals surface area contributed by atoms with Gasteiger partial charge in [0.2, 0.25) is 0 Å². The van der Waals surface area contributed by atoms with Gasteiger partial charge in [-0.15, -0.1) is 0 Å². The van der Waals surface area contributed by atoms with E-state index in [2.05, 4.69) is 21.4 Å². The molecule has 5 nitrogen and oxygen atoms in total. The summed E-state index contributed by atoms with van der Waals surface area (Å²) in [6.07, 6.45) is 0.845. The van der Waals surface area contributed by atoms with Crippen LogP contribution in [0, 0.1) is 0 Å². The molecule has 112 valence electrons. The van der Waals surface area contributed by atoms with Gasteiger partial charge in [-0.2, -0.15) is 0 Å². The standard InChI is InChI=1S/C16H22N4O/c1-11(2)16-19-14(17)10-15(20-16)18-13-7-5-4-6-12(13)8-9-21-3/h4-7,10-11H,8-9H2,1-3H3,(H3,17,18,19,20). The average molecular weight is 286 g/mol. The normalized spacial score (nSPS) is 10.9. The van der Waals surface area contributed by atoms with Gasteiger partial charge >= 0.3 is 0 Å². The van der Waals surface area contributed by atoms with E-state index in [4.69, 9.17) is 10.5 Å². The molecular weight excluding hydrogens is 264 g/mol. The van der Waals surface area contributed by atoms with Gasteiger partial charge in [-0.1, -0.05) is 32.0 Å². The van der Waals surface area contributed by atoms with E-state index in [0.717, 1.165) is 23.8 Å². The summed E-state index contributed by atoms with van der Waals surface area (Å²) in [4.78, 5) is 8.77. The highest BCUT2D eigenvalue weighted by molar-refractivity contribution is 5.62. The Labute approximate surface area is 125 Å². The molecule has 1 aromatic heterocycles. The van der Waals surface area contributed by atoms with E-state index in [0.29, 0.717) is 12.4 Å². The van der Waals surface area contributed by atoms with Gasteiger partial charge < -0.3 is 15.8 Å². The third-order valence-electron chi connectivity index (χ3n) is 3.14. The number of nitrogen functional groups attached to an aromatic ring is 1. The van der Waals surface area contributed by atoms with Crippen molar-refractivity contribution in [2.45, 2.75) is 26.2 Å². The number of para-hydroxylation sites is 1. The molecule has 0 amide bonds. The van der Waals surface area contributed by atoms with Crippen molar-refractivity contribution in [2.75, 3.05) is 24.8 Å². The lowest BCUT2D eigenvalue weighted by molar-refractivity contribution is 0.202. The van der Waals surface area contributed by atoms with Crippen LogP contribution in [0.2, 0.25) is 0 Å². The van der Waals surface area contributed by atoms with Gasteiger partial charge in [0.05, 0.1) is 6.61 Å². The van der Waals surface area contributed by atoms with E-state index in [1.54, 1.807) is 13.2 Å². The highest BCUT2D eigenvalue weighted by atomic mass is 16.5. The second-order valence-electron chi connectivity index (χ2n) is 5.22. The van der Waals surface area contributed by atoms with Crippen molar-refractivity contribution in [3.63, 3.8) is 0 Å². The number of anilines is 3. The fraction of sp³-hybridized carbons (Fsp3) is 0.375. The lowest BCUT2D eigenvalue weighted by Gasteiger charge is -2.13. The maximum Gasteiger partial charge on any atom is 0.136 e. The minimum Gasteiger partial charge on any atom is -0.384 e. The Balaban J connectivity index is 2.25. The van der Waals surface area contributed by atoms with E-state index in [-0.39, 0.29) is 5.92 Å². The molecule has 0 saturated carbocycles. The van der Waals surface area contributed by atoms with Gasteiger partial charge in [-0.25, -0.2) is 9.97 Å². The lowest BCUT2D eigenvalue weighted by atomic mass is 10.1. The zero-order valence-corrected chi connectivity index (χ0v) is 12.8. The predicted octanol–water partition coefficient (Wildman–Crippen LogP) is 3.11. The molecule has 1 aromatic carbocycles. The van der Waals surface area contributed by atoms with Crippen molar-refractivity contribution in [1.82, 2.24) is 9.97 Å². The highest BCUT2D eigenvalue weighted by Gasteiger charge is 2.08. The van der Waals surface area contributed by atoms with Gasteiger partial charge in [0.1, 0.15) is 17.5 Å². The Hall–Kier alpha value is -2.14. The average Bonchev–Trinajstić information content (AvgIpc) is 2.45. The molecule has 0 saturated heterocycles. The van der Waals surface area contributed by atoms with Crippen LogP contribution in [0.25, 0.3) is 0 Å². The molecule has 1 heterocycles. The second-order valence-corrected chi connectivity index (χ2v) is 5.22. The second kappa shape index (κ2) is 7.04. The molecule has 0 atom stereocenters. The number of aromatic nitrogens is 2. The molecule has 0 fully saturated rings. The first-order valence-electron chi connectivity index (χ1n) is 7.08. The quantitative estimate of drug-likeness (QED) is 0.853. The third-order valence-corrected chi connectivity index (χ3v) is 3.14. The summed E-state index contributed by atoms with van der Waals surface area (Å²) >= 11 is 0. The van der Waals surface area contributed by atoms with Crippen LogP contribution < -0.4 is 11.1 Å². The van der Waals surface area contributed by atoms with Crippen molar-refractivity contribution in [1.29, 1.82) is 0 Å². The number of nitrogens with two attached hydrogens (primary N) is 1. The van der Waals surface area contributed by atoms with E-state index in [9.17, 15) is 0 Å². The number of methoxy groups -OCH3 is 1. The molecule has 3 N–H and O–H groups in total. The first-order valence-corrected chi connectivity index (χ1v) is 7.08. The van der Waals surface area contributed by atoms with Crippen molar-refractivity contribution < 1.29 is 4.74 Å². The molecule has 0 unspecified atom stereocenters. The summed E-state index contributed by atoms with van der Waals surface area (Å²) in [6.45, 7) is 4.78. The Morgan fingerprint density at radius 2 is 2.00 bits per heavy atom. The van der Waals surface area contributed by atoms with Gasteiger partial charge in [0.15, 0.2) is 0 Å². The van der Waals surface area contributed by atoms with Crippen LogP contribution in [0.1, 0.15) is 31.2 Å². The topological polar surface area (TPSA) is 73.1 Å². The van der Waals surface area contributed by atoms with Crippen LogP contribution >= 0.6 is 0 Å². The molecule has 2 aromatic rings. The van der Waals surface area contributed by atoms with Crippen LogP contribution in [0.4, 0.5) is 17.3 Å². The smallest absolute Gasteiger partial charge is 0.136 e. The summed E-state index contributed by atoms with van der Waals surface area (Å²) in [5.74, 6) is 2.17. The minimum atomic E-state index is 0.234. The fourth-order valence-electron chi connectivity index (χ4n) is 2.02. The minimum absolute atomic E-state index is 0.234. The number of ether oxygens (including phenoxy) is 1. The van der Waals surface area contributed by atoms with Crippen molar-refractivity contribution >= 4 is 17.3 Å². The monoisotopic (exact) mass is 286 g/mol. The Morgan fingerprint density at radius 1 is 1.24 bits per heavy atom. The number of rotatable bonds is 6. The zero-order valence-electron chi connectivity index (χ0n) is 12.8. The Kier molecular flexibility index (Phi) is 5.11. The molecular formula is C16H22N4O. The molecule has 0 aliphatic rings. The molecule has 0 spiro atoms. The number of benzene rings is 1. The summed E-state index contributed by atoms with van der Waals surface area (Å²) in [5.41, 5.74) is 8.06.